The zero-order valence-electron chi connectivity index (χ0n) is 11.5. The summed E-state index contributed by atoms with van der Waals surface area (Å²) in [5.74, 6) is -0.0315. The zero-order valence-corrected chi connectivity index (χ0v) is 11.5. The van der Waals surface area contributed by atoms with E-state index in [1.807, 2.05) is 11.9 Å². The molecule has 19 heavy (non-hydrogen) atoms. The molecule has 0 aliphatic heterocycles. The summed E-state index contributed by atoms with van der Waals surface area (Å²) in [7, 11) is 1.84. The fourth-order valence-electron chi connectivity index (χ4n) is 1.70. The molecule has 0 saturated heterocycles. The van der Waals surface area contributed by atoms with Crippen molar-refractivity contribution >= 4 is 11.6 Å². The normalized spacial score (nSPS) is 12.5. The summed E-state index contributed by atoms with van der Waals surface area (Å²) in [5.41, 5.74) is 1.52. The molecule has 1 unspecified atom stereocenters. The van der Waals surface area contributed by atoms with Crippen LogP contribution in [-0.4, -0.2) is 47.8 Å². The molecule has 3 N–H and O–H groups in total. The Morgan fingerprint density at radius 3 is 2.53 bits per heavy atom. The van der Waals surface area contributed by atoms with Crippen LogP contribution in [0.25, 0.3) is 0 Å². The van der Waals surface area contributed by atoms with Crippen LogP contribution in [0, 0.1) is 0 Å². The molecule has 1 atom stereocenters. The van der Waals surface area contributed by atoms with Gasteiger partial charge in [0.2, 0.25) is 5.91 Å². The number of benzene rings is 1. The second-order valence-corrected chi connectivity index (χ2v) is 4.53. The van der Waals surface area contributed by atoms with Gasteiger partial charge in [-0.3, -0.25) is 4.79 Å². The second-order valence-electron chi connectivity index (χ2n) is 4.53. The van der Waals surface area contributed by atoms with Gasteiger partial charge in [0.25, 0.3) is 0 Å². The number of likely N-dealkylation sites (N-methyl/N-ethyl adjacent to an activating group) is 1. The molecule has 1 amide bonds. The van der Waals surface area contributed by atoms with Gasteiger partial charge in [-0.2, -0.15) is 0 Å². The Balaban J connectivity index is 2.57. The first-order valence-electron chi connectivity index (χ1n) is 6.44. The molecular formula is C14H22N2O3. The Hall–Kier alpha value is -1.43. The number of rotatable bonds is 7. The molecule has 0 spiro atoms. The third-order valence-corrected chi connectivity index (χ3v) is 2.87. The van der Waals surface area contributed by atoms with Gasteiger partial charge in [-0.25, -0.2) is 0 Å². The smallest absolute Gasteiger partial charge is 0.224 e. The number of aliphatic hydroxyl groups is 2. The van der Waals surface area contributed by atoms with Crippen LogP contribution in [0.1, 0.15) is 25.0 Å². The highest BCUT2D eigenvalue weighted by Crippen LogP contribution is 2.17. The molecule has 0 fully saturated rings. The van der Waals surface area contributed by atoms with Crippen molar-refractivity contribution in [3.05, 3.63) is 29.8 Å². The average molecular weight is 266 g/mol. The van der Waals surface area contributed by atoms with Crippen LogP contribution < -0.4 is 5.32 Å². The lowest BCUT2D eigenvalue weighted by molar-refractivity contribution is -0.115. The van der Waals surface area contributed by atoms with Crippen LogP contribution in [0.15, 0.2) is 24.3 Å². The van der Waals surface area contributed by atoms with E-state index in [9.17, 15) is 9.90 Å². The monoisotopic (exact) mass is 266 g/mol. The van der Waals surface area contributed by atoms with E-state index in [2.05, 4.69) is 5.32 Å². The van der Waals surface area contributed by atoms with E-state index in [-0.39, 0.29) is 12.5 Å². The minimum absolute atomic E-state index is 0.0315. The molecule has 0 saturated carbocycles. The minimum atomic E-state index is -0.604. The molecule has 5 nitrogen and oxygen atoms in total. The van der Waals surface area contributed by atoms with Crippen molar-refractivity contribution in [3.8, 4) is 0 Å². The fourth-order valence-corrected chi connectivity index (χ4v) is 1.70. The Labute approximate surface area is 113 Å². The molecule has 0 aromatic heterocycles. The maximum absolute atomic E-state index is 11.2. The maximum atomic E-state index is 11.2. The van der Waals surface area contributed by atoms with Crippen LogP contribution in [0.3, 0.4) is 0 Å². The summed E-state index contributed by atoms with van der Waals surface area (Å²) in [5, 5.41) is 21.6. The highest BCUT2D eigenvalue weighted by Gasteiger charge is 2.10. The summed E-state index contributed by atoms with van der Waals surface area (Å²) in [6.45, 7) is 2.86. The fraction of sp³-hybridized carbons (Fsp3) is 0.500. The molecule has 0 aliphatic rings. The Morgan fingerprint density at radius 2 is 2.00 bits per heavy atom. The first kappa shape index (κ1) is 15.6. The van der Waals surface area contributed by atoms with Crippen LogP contribution in [0.5, 0.6) is 0 Å². The first-order chi connectivity index (χ1) is 9.06. The summed E-state index contributed by atoms with van der Waals surface area (Å²) in [6.07, 6.45) is -0.163. The number of nitrogens with zero attached hydrogens (tertiary/aromatic N) is 1. The van der Waals surface area contributed by atoms with E-state index >= 15 is 0 Å². The predicted molar refractivity (Wildman–Crippen MR) is 74.9 cm³/mol. The largest absolute Gasteiger partial charge is 0.395 e. The van der Waals surface area contributed by atoms with Gasteiger partial charge < -0.3 is 20.4 Å². The van der Waals surface area contributed by atoms with Gasteiger partial charge in [-0.1, -0.05) is 19.1 Å². The minimum Gasteiger partial charge on any atom is -0.395 e. The standard InChI is InChI=1S/C14H22N2O3/c1-3-14(19)15-12-6-4-11(5-7-12)13(18)10-16(2)8-9-17/h4-7,13,17-18H,3,8-10H2,1-2H3,(H,15,19). The number of anilines is 1. The molecular weight excluding hydrogens is 244 g/mol. The van der Waals surface area contributed by atoms with Crippen molar-refractivity contribution in [1.29, 1.82) is 0 Å². The van der Waals surface area contributed by atoms with E-state index < -0.39 is 6.10 Å². The Morgan fingerprint density at radius 1 is 1.37 bits per heavy atom. The van der Waals surface area contributed by atoms with Crippen molar-refractivity contribution in [3.63, 3.8) is 0 Å². The van der Waals surface area contributed by atoms with Gasteiger partial charge in [0.05, 0.1) is 12.7 Å². The molecule has 0 heterocycles. The summed E-state index contributed by atoms with van der Waals surface area (Å²) in [6, 6.07) is 7.14. The lowest BCUT2D eigenvalue weighted by Crippen LogP contribution is -2.27. The van der Waals surface area contributed by atoms with Crippen molar-refractivity contribution in [2.45, 2.75) is 19.4 Å². The number of hydrogen-bond acceptors (Lipinski definition) is 4. The van der Waals surface area contributed by atoms with Crippen molar-refractivity contribution < 1.29 is 15.0 Å². The highest BCUT2D eigenvalue weighted by molar-refractivity contribution is 5.90. The van der Waals surface area contributed by atoms with Crippen molar-refractivity contribution in [2.75, 3.05) is 32.1 Å². The molecule has 5 heteroatoms. The number of carbonyl (C=O) groups is 1. The molecule has 0 bridgehead atoms. The van der Waals surface area contributed by atoms with Gasteiger partial charge >= 0.3 is 0 Å². The third-order valence-electron chi connectivity index (χ3n) is 2.87. The van der Waals surface area contributed by atoms with Gasteiger partial charge in [-0.05, 0) is 24.7 Å². The lowest BCUT2D eigenvalue weighted by Gasteiger charge is -2.19. The van der Waals surface area contributed by atoms with E-state index in [4.69, 9.17) is 5.11 Å². The summed E-state index contributed by atoms with van der Waals surface area (Å²) < 4.78 is 0. The zero-order chi connectivity index (χ0) is 14.3. The topological polar surface area (TPSA) is 72.8 Å². The Kier molecular flexibility index (Phi) is 6.49. The van der Waals surface area contributed by atoms with Crippen LogP contribution in [-0.2, 0) is 4.79 Å². The third kappa shape index (κ3) is 5.38. The lowest BCUT2D eigenvalue weighted by atomic mass is 10.1. The highest BCUT2D eigenvalue weighted by atomic mass is 16.3. The van der Waals surface area contributed by atoms with Crippen LogP contribution in [0.2, 0.25) is 0 Å². The number of nitrogens with one attached hydrogen (secondary N) is 1. The van der Waals surface area contributed by atoms with E-state index in [0.717, 1.165) is 11.3 Å². The number of aliphatic hydroxyl groups excluding tert-OH is 2. The van der Waals surface area contributed by atoms with Gasteiger partial charge in [-0.15, -0.1) is 0 Å². The molecule has 0 aliphatic carbocycles. The molecule has 0 radical (unpaired) electrons. The van der Waals surface area contributed by atoms with Crippen molar-refractivity contribution in [2.24, 2.45) is 0 Å². The van der Waals surface area contributed by atoms with Gasteiger partial charge in [0.15, 0.2) is 0 Å². The molecule has 1 rings (SSSR count). The van der Waals surface area contributed by atoms with Crippen molar-refractivity contribution in [1.82, 2.24) is 4.90 Å². The Bertz CT molecular complexity index is 392. The predicted octanol–water partition coefficient (Wildman–Crippen LogP) is 0.993. The van der Waals surface area contributed by atoms with Gasteiger partial charge in [0.1, 0.15) is 0 Å². The average Bonchev–Trinajstić information content (AvgIpc) is 2.39. The summed E-state index contributed by atoms with van der Waals surface area (Å²) >= 11 is 0. The second kappa shape index (κ2) is 7.89. The van der Waals surface area contributed by atoms with Crippen LogP contribution >= 0.6 is 0 Å². The first-order valence-corrected chi connectivity index (χ1v) is 6.44. The van der Waals surface area contributed by atoms with E-state index in [1.54, 1.807) is 31.2 Å². The van der Waals surface area contributed by atoms with Crippen LogP contribution in [0.4, 0.5) is 5.69 Å². The molecule has 1 aromatic rings. The maximum Gasteiger partial charge on any atom is 0.224 e. The quantitative estimate of drug-likeness (QED) is 0.688. The molecule has 1 aromatic carbocycles. The molecule has 106 valence electrons. The number of hydrogen-bond donors (Lipinski definition) is 3. The van der Waals surface area contributed by atoms with Gasteiger partial charge in [0, 0.05) is 25.2 Å². The summed E-state index contributed by atoms with van der Waals surface area (Å²) in [4.78, 5) is 13.1. The number of amides is 1. The SMILES string of the molecule is CCC(=O)Nc1ccc(C(O)CN(C)CCO)cc1. The van der Waals surface area contributed by atoms with E-state index in [1.165, 1.54) is 0 Å². The number of carbonyl (C=O) groups excluding carboxylic acids is 1. The van der Waals surface area contributed by atoms with E-state index in [0.29, 0.717) is 19.5 Å².